The number of halogens is 10. The van der Waals surface area contributed by atoms with E-state index in [4.69, 9.17) is 23.2 Å². The molecule has 0 aliphatic carbocycles. The van der Waals surface area contributed by atoms with Crippen molar-refractivity contribution in [1.82, 2.24) is 29.4 Å². The van der Waals surface area contributed by atoms with Gasteiger partial charge in [0, 0.05) is 72.7 Å². The standard InChI is InChI=1S/C35H36Br2Cl2F6N8O/c1-21-29(38)32(34(40,41)42)46-52(21)19-27(50-15-11-48(12-16-50)25-7-3-23(36)4-8-25)31(54)28(20-53-22(2)30(39)33(47-53)35(43,44)45)51-17-13-49(14-18-51)26-9-5-24(37)6-10-26/h3-10,27-28H,11-20H2,1-2H3. The largest absolute Gasteiger partial charge is 0.436 e. The van der Waals surface area contributed by atoms with Gasteiger partial charge in [0.2, 0.25) is 0 Å². The third kappa shape index (κ3) is 8.91. The van der Waals surface area contributed by atoms with Crippen molar-refractivity contribution in [3.63, 3.8) is 0 Å². The van der Waals surface area contributed by atoms with Crippen molar-refractivity contribution in [3.05, 3.63) is 90.3 Å². The number of nitrogens with zero attached hydrogens (tertiary/aromatic N) is 8. The first-order valence-corrected chi connectivity index (χ1v) is 19.4. The molecule has 292 valence electrons. The van der Waals surface area contributed by atoms with Crippen LogP contribution in [0.3, 0.4) is 0 Å². The summed E-state index contributed by atoms with van der Waals surface area (Å²) >= 11 is 19.2. The summed E-state index contributed by atoms with van der Waals surface area (Å²) in [7, 11) is 0. The van der Waals surface area contributed by atoms with E-state index in [1.807, 2.05) is 58.3 Å². The SMILES string of the molecule is Cc1c(Cl)c(C(F)(F)F)nn1CC(C(=O)C(Cn1nc(C(F)(F)F)c(Cl)c1C)N1CCN(c2ccc(Br)cc2)CC1)N1CCN(c2ccc(Br)cc2)CC1. The Bertz CT molecular complexity index is 1800. The second kappa shape index (κ2) is 16.3. The van der Waals surface area contributed by atoms with Crippen LogP contribution in [0.15, 0.2) is 57.5 Å². The second-order valence-electron chi connectivity index (χ2n) is 13.3. The minimum atomic E-state index is -4.83. The van der Waals surface area contributed by atoms with Crippen LogP contribution in [0.5, 0.6) is 0 Å². The van der Waals surface area contributed by atoms with Gasteiger partial charge in [-0.15, -0.1) is 0 Å². The van der Waals surface area contributed by atoms with Crippen LogP contribution in [0.25, 0.3) is 0 Å². The molecule has 2 unspecified atom stereocenters. The Kier molecular flexibility index (Phi) is 12.3. The topological polar surface area (TPSA) is 65.7 Å². The van der Waals surface area contributed by atoms with Gasteiger partial charge < -0.3 is 9.80 Å². The molecule has 2 saturated heterocycles. The molecule has 2 aromatic heterocycles. The summed E-state index contributed by atoms with van der Waals surface area (Å²) in [6, 6.07) is 13.5. The fraction of sp³-hybridized carbons (Fsp3) is 0.457. The molecule has 4 aromatic rings. The highest BCUT2D eigenvalue weighted by molar-refractivity contribution is 9.10. The van der Waals surface area contributed by atoms with Gasteiger partial charge in [-0.2, -0.15) is 36.5 Å². The summed E-state index contributed by atoms with van der Waals surface area (Å²) in [6.45, 7) is 5.84. The van der Waals surface area contributed by atoms with E-state index >= 15 is 4.79 Å². The molecule has 0 radical (unpaired) electrons. The summed E-state index contributed by atoms with van der Waals surface area (Å²) < 4.78 is 87.5. The molecule has 0 amide bonds. The van der Waals surface area contributed by atoms with Crippen LogP contribution in [0, 0.1) is 13.8 Å². The maximum atomic E-state index is 15.1. The van der Waals surface area contributed by atoms with E-state index in [2.05, 4.69) is 51.9 Å². The molecular weight excluding hydrogens is 893 g/mol. The van der Waals surface area contributed by atoms with Crippen LogP contribution in [0.4, 0.5) is 37.7 Å². The molecule has 2 aliphatic heterocycles. The minimum Gasteiger partial charge on any atom is -0.369 e. The number of carbonyl (C=O) groups is 1. The van der Waals surface area contributed by atoms with Crippen molar-refractivity contribution in [2.45, 2.75) is 51.4 Å². The average molecular weight is 929 g/mol. The van der Waals surface area contributed by atoms with E-state index in [0.29, 0.717) is 52.4 Å². The lowest BCUT2D eigenvalue weighted by Crippen LogP contribution is -2.61. The van der Waals surface area contributed by atoms with Crippen molar-refractivity contribution >= 4 is 72.2 Å². The number of anilines is 2. The lowest BCUT2D eigenvalue weighted by atomic mass is 9.99. The Morgan fingerprint density at radius 1 is 0.630 bits per heavy atom. The molecule has 19 heteroatoms. The molecule has 2 atom stereocenters. The smallest absolute Gasteiger partial charge is 0.369 e. The maximum absolute atomic E-state index is 15.1. The van der Waals surface area contributed by atoms with Gasteiger partial charge in [0.1, 0.15) is 0 Å². The number of rotatable bonds is 10. The number of carbonyl (C=O) groups excluding carboxylic acids is 1. The lowest BCUT2D eigenvalue weighted by molar-refractivity contribution is -0.142. The molecule has 0 N–H and O–H groups in total. The molecule has 54 heavy (non-hydrogen) atoms. The molecule has 2 aromatic carbocycles. The van der Waals surface area contributed by atoms with Crippen molar-refractivity contribution in [3.8, 4) is 0 Å². The Labute approximate surface area is 335 Å². The van der Waals surface area contributed by atoms with Crippen molar-refractivity contribution in [1.29, 1.82) is 0 Å². The van der Waals surface area contributed by atoms with Gasteiger partial charge >= 0.3 is 12.4 Å². The Hall–Kier alpha value is -2.83. The van der Waals surface area contributed by atoms with Gasteiger partial charge in [0.15, 0.2) is 17.2 Å². The number of ketones is 1. The zero-order valence-electron chi connectivity index (χ0n) is 29.1. The first-order valence-electron chi connectivity index (χ1n) is 17.1. The Morgan fingerprint density at radius 3 is 1.22 bits per heavy atom. The molecule has 6 rings (SSSR count). The number of piperazine rings is 2. The van der Waals surface area contributed by atoms with E-state index in [9.17, 15) is 26.3 Å². The van der Waals surface area contributed by atoms with Crippen LogP contribution in [-0.4, -0.2) is 99.6 Å². The highest BCUT2D eigenvalue weighted by atomic mass is 79.9. The maximum Gasteiger partial charge on any atom is 0.436 e. The summed E-state index contributed by atoms with van der Waals surface area (Å²) in [5, 5.41) is 6.51. The number of alkyl halides is 6. The van der Waals surface area contributed by atoms with Crippen LogP contribution in [0.1, 0.15) is 22.8 Å². The Balaban J connectivity index is 1.35. The van der Waals surface area contributed by atoms with Crippen LogP contribution in [-0.2, 0) is 30.2 Å². The molecule has 0 spiro atoms. The first kappa shape index (κ1) is 40.8. The third-order valence-corrected chi connectivity index (χ3v) is 12.0. The van der Waals surface area contributed by atoms with Crippen molar-refractivity contribution in [2.75, 3.05) is 62.2 Å². The predicted molar refractivity (Wildman–Crippen MR) is 202 cm³/mol. The van der Waals surface area contributed by atoms with Crippen LogP contribution < -0.4 is 9.80 Å². The van der Waals surface area contributed by atoms with Gasteiger partial charge in [0.05, 0.1) is 46.6 Å². The van der Waals surface area contributed by atoms with Crippen molar-refractivity contribution < 1.29 is 31.1 Å². The molecule has 0 bridgehead atoms. The van der Waals surface area contributed by atoms with Crippen LogP contribution in [0.2, 0.25) is 10.0 Å². The highest BCUT2D eigenvalue weighted by Gasteiger charge is 2.43. The zero-order chi connectivity index (χ0) is 39.1. The van der Waals surface area contributed by atoms with E-state index in [-0.39, 0.29) is 30.3 Å². The van der Waals surface area contributed by atoms with Gasteiger partial charge in [-0.1, -0.05) is 55.1 Å². The normalized spacial score (nSPS) is 17.6. The first-order chi connectivity index (χ1) is 25.4. The average Bonchev–Trinajstić information content (AvgIpc) is 3.59. The predicted octanol–water partition coefficient (Wildman–Crippen LogP) is 8.22. The minimum absolute atomic E-state index is 0.0412. The monoisotopic (exact) mass is 926 g/mol. The molecule has 2 aliphatic rings. The van der Waals surface area contributed by atoms with Gasteiger partial charge in [0.25, 0.3) is 0 Å². The lowest BCUT2D eigenvalue weighted by Gasteiger charge is -2.43. The number of Topliss-reactive ketones (excluding diaryl/α,β-unsaturated/α-hetero) is 1. The quantitative estimate of drug-likeness (QED) is 0.149. The fourth-order valence-corrected chi connectivity index (χ4v) is 7.99. The summed E-state index contributed by atoms with van der Waals surface area (Å²) in [4.78, 5) is 23.2. The Morgan fingerprint density at radius 2 is 0.944 bits per heavy atom. The molecular formula is C35H36Br2Cl2F6N8O. The molecule has 0 saturated carbocycles. The summed E-state index contributed by atoms with van der Waals surface area (Å²) in [5.41, 5.74) is -0.486. The highest BCUT2D eigenvalue weighted by Crippen LogP contribution is 2.37. The van der Waals surface area contributed by atoms with Crippen LogP contribution >= 0.6 is 55.1 Å². The number of aromatic nitrogens is 4. The fourth-order valence-electron chi connectivity index (χ4n) is 6.97. The van der Waals surface area contributed by atoms with Gasteiger partial charge in [-0.05, 0) is 62.4 Å². The molecule has 4 heterocycles. The summed E-state index contributed by atoms with van der Waals surface area (Å²) in [6.07, 6.45) is -9.65. The van der Waals surface area contributed by atoms with E-state index in [0.717, 1.165) is 29.7 Å². The third-order valence-electron chi connectivity index (χ3n) is 10.0. The zero-order valence-corrected chi connectivity index (χ0v) is 33.8. The number of hydrogen-bond acceptors (Lipinski definition) is 7. The van der Waals surface area contributed by atoms with E-state index in [1.165, 1.54) is 13.8 Å². The molecule has 9 nitrogen and oxygen atoms in total. The van der Waals surface area contributed by atoms with Gasteiger partial charge in [-0.3, -0.25) is 24.0 Å². The van der Waals surface area contributed by atoms with E-state index < -0.39 is 45.9 Å². The summed E-state index contributed by atoms with van der Waals surface area (Å²) in [5.74, 6) is -0.386. The molecule has 2 fully saturated rings. The number of hydrogen-bond donors (Lipinski definition) is 0. The van der Waals surface area contributed by atoms with Crippen molar-refractivity contribution in [2.24, 2.45) is 0 Å². The number of benzene rings is 2. The second-order valence-corrected chi connectivity index (χ2v) is 15.9. The van der Waals surface area contributed by atoms with E-state index in [1.54, 1.807) is 0 Å². The van der Waals surface area contributed by atoms with Gasteiger partial charge in [-0.25, -0.2) is 0 Å².